The summed E-state index contributed by atoms with van der Waals surface area (Å²) < 4.78 is 0. The number of hydrogen-bond acceptors (Lipinski definition) is 5. The molecule has 1 N–H and O–H groups in total. The van der Waals surface area contributed by atoms with Gasteiger partial charge in [0.05, 0.1) is 11.9 Å². The Hall–Kier alpha value is -2.82. The number of rotatable bonds is 3. The van der Waals surface area contributed by atoms with E-state index in [0.717, 1.165) is 22.8 Å². The van der Waals surface area contributed by atoms with Crippen LogP contribution in [0.3, 0.4) is 0 Å². The highest BCUT2D eigenvalue weighted by molar-refractivity contribution is 5.64. The fraction of sp³-hybridized carbons (Fsp3) is 0.0667. The molecule has 5 nitrogen and oxygen atoms in total. The van der Waals surface area contributed by atoms with Gasteiger partial charge in [-0.15, -0.1) is 0 Å². The van der Waals surface area contributed by atoms with E-state index >= 15 is 0 Å². The van der Waals surface area contributed by atoms with Gasteiger partial charge in [-0.05, 0) is 0 Å². The molecule has 0 unspecified atom stereocenters. The molecule has 0 saturated heterocycles. The molecule has 0 aliphatic heterocycles. The Kier molecular flexibility index (Phi) is 3.33. The van der Waals surface area contributed by atoms with Crippen molar-refractivity contribution in [3.8, 4) is 22.8 Å². The number of nitrogens with zero attached hydrogens (tertiary/aromatic N) is 4. The molecular weight excluding hydrogens is 250 g/mol. The second-order valence-corrected chi connectivity index (χ2v) is 4.17. The quantitative estimate of drug-likeness (QED) is 0.787. The van der Waals surface area contributed by atoms with E-state index in [9.17, 15) is 0 Å². The van der Waals surface area contributed by atoms with Gasteiger partial charge in [-0.3, -0.25) is 9.97 Å². The van der Waals surface area contributed by atoms with Crippen molar-refractivity contribution in [1.29, 1.82) is 0 Å². The fourth-order valence-corrected chi connectivity index (χ4v) is 1.85. The molecule has 20 heavy (non-hydrogen) atoms. The SMILES string of the molecule is CNc1cc(-c2cnccn2)nc(-c2ccccc2)n1. The van der Waals surface area contributed by atoms with E-state index in [1.165, 1.54) is 0 Å². The monoisotopic (exact) mass is 263 g/mol. The second kappa shape index (κ2) is 5.44. The second-order valence-electron chi connectivity index (χ2n) is 4.17. The minimum atomic E-state index is 0.665. The van der Waals surface area contributed by atoms with E-state index in [1.54, 1.807) is 18.6 Å². The van der Waals surface area contributed by atoms with Crippen molar-refractivity contribution in [2.75, 3.05) is 12.4 Å². The van der Waals surface area contributed by atoms with Crippen molar-refractivity contribution in [3.63, 3.8) is 0 Å². The molecule has 0 amide bonds. The van der Waals surface area contributed by atoms with Crippen LogP contribution in [-0.4, -0.2) is 27.0 Å². The van der Waals surface area contributed by atoms with Crippen molar-refractivity contribution in [2.24, 2.45) is 0 Å². The number of benzene rings is 1. The highest BCUT2D eigenvalue weighted by Crippen LogP contribution is 2.22. The lowest BCUT2D eigenvalue weighted by Crippen LogP contribution is -1.99. The van der Waals surface area contributed by atoms with Crippen molar-refractivity contribution in [1.82, 2.24) is 19.9 Å². The van der Waals surface area contributed by atoms with Crippen molar-refractivity contribution >= 4 is 5.82 Å². The van der Waals surface area contributed by atoms with Crippen LogP contribution in [0, 0.1) is 0 Å². The topological polar surface area (TPSA) is 63.6 Å². The van der Waals surface area contributed by atoms with E-state index in [2.05, 4.69) is 25.3 Å². The van der Waals surface area contributed by atoms with Gasteiger partial charge in [0.1, 0.15) is 11.5 Å². The summed E-state index contributed by atoms with van der Waals surface area (Å²) in [7, 11) is 1.83. The van der Waals surface area contributed by atoms with E-state index in [4.69, 9.17) is 0 Å². The van der Waals surface area contributed by atoms with Crippen LogP contribution < -0.4 is 5.32 Å². The third-order valence-corrected chi connectivity index (χ3v) is 2.84. The van der Waals surface area contributed by atoms with Crippen LogP contribution in [-0.2, 0) is 0 Å². The molecule has 0 saturated carbocycles. The number of hydrogen-bond donors (Lipinski definition) is 1. The first kappa shape index (κ1) is 12.2. The maximum atomic E-state index is 4.57. The number of nitrogens with one attached hydrogen (secondary N) is 1. The number of anilines is 1. The van der Waals surface area contributed by atoms with Gasteiger partial charge in [-0.25, -0.2) is 9.97 Å². The minimum Gasteiger partial charge on any atom is -0.373 e. The highest BCUT2D eigenvalue weighted by atomic mass is 15.0. The van der Waals surface area contributed by atoms with Gasteiger partial charge in [-0.1, -0.05) is 30.3 Å². The van der Waals surface area contributed by atoms with Crippen LogP contribution >= 0.6 is 0 Å². The Morgan fingerprint density at radius 2 is 1.80 bits per heavy atom. The third kappa shape index (κ3) is 2.47. The average molecular weight is 263 g/mol. The Morgan fingerprint density at radius 1 is 0.950 bits per heavy atom. The van der Waals surface area contributed by atoms with Gasteiger partial charge in [-0.2, -0.15) is 0 Å². The van der Waals surface area contributed by atoms with E-state index < -0.39 is 0 Å². The van der Waals surface area contributed by atoms with Crippen LogP contribution in [0.15, 0.2) is 55.0 Å². The molecule has 1 aromatic carbocycles. The molecule has 0 fully saturated rings. The summed E-state index contributed by atoms with van der Waals surface area (Å²) in [6.45, 7) is 0. The summed E-state index contributed by atoms with van der Waals surface area (Å²) in [5.74, 6) is 1.41. The lowest BCUT2D eigenvalue weighted by molar-refractivity contribution is 1.13. The smallest absolute Gasteiger partial charge is 0.162 e. The largest absolute Gasteiger partial charge is 0.373 e. The molecule has 0 bridgehead atoms. The summed E-state index contributed by atoms with van der Waals surface area (Å²) in [5, 5.41) is 3.05. The van der Waals surface area contributed by atoms with Crippen molar-refractivity contribution in [2.45, 2.75) is 0 Å². The summed E-state index contributed by atoms with van der Waals surface area (Å²) in [4.78, 5) is 17.4. The number of aromatic nitrogens is 4. The first-order valence-corrected chi connectivity index (χ1v) is 6.25. The van der Waals surface area contributed by atoms with Gasteiger partial charge >= 0.3 is 0 Å². The molecule has 3 aromatic rings. The van der Waals surface area contributed by atoms with E-state index in [-0.39, 0.29) is 0 Å². The van der Waals surface area contributed by atoms with Gasteiger partial charge in [0.15, 0.2) is 5.82 Å². The predicted molar refractivity (Wildman–Crippen MR) is 78.0 cm³/mol. The Labute approximate surface area is 116 Å². The maximum Gasteiger partial charge on any atom is 0.162 e. The van der Waals surface area contributed by atoms with Crippen LogP contribution in [0.2, 0.25) is 0 Å². The normalized spacial score (nSPS) is 10.2. The molecule has 3 rings (SSSR count). The molecule has 0 spiro atoms. The maximum absolute atomic E-state index is 4.57. The van der Waals surface area contributed by atoms with Crippen LogP contribution in [0.25, 0.3) is 22.8 Å². The zero-order valence-corrected chi connectivity index (χ0v) is 11.0. The molecule has 0 aliphatic rings. The third-order valence-electron chi connectivity index (χ3n) is 2.84. The summed E-state index contributed by atoms with van der Waals surface area (Å²) in [6.07, 6.45) is 4.98. The van der Waals surface area contributed by atoms with Crippen molar-refractivity contribution < 1.29 is 0 Å². The standard InChI is InChI=1S/C15H13N5/c1-16-14-9-12(13-10-17-7-8-18-13)19-15(20-14)11-5-3-2-4-6-11/h2-10H,1H3,(H,16,19,20). The molecule has 2 aromatic heterocycles. The summed E-state index contributed by atoms with van der Waals surface area (Å²) in [5.41, 5.74) is 2.44. The van der Waals surface area contributed by atoms with E-state index in [0.29, 0.717) is 5.82 Å². The van der Waals surface area contributed by atoms with Gasteiger partial charge < -0.3 is 5.32 Å². The van der Waals surface area contributed by atoms with Gasteiger partial charge in [0, 0.05) is 31.1 Å². The lowest BCUT2D eigenvalue weighted by Gasteiger charge is -2.07. The Morgan fingerprint density at radius 3 is 2.50 bits per heavy atom. The summed E-state index contributed by atoms with van der Waals surface area (Å²) in [6, 6.07) is 11.7. The Balaban J connectivity index is 2.13. The van der Waals surface area contributed by atoms with Crippen LogP contribution in [0.5, 0.6) is 0 Å². The molecule has 0 radical (unpaired) electrons. The molecule has 0 atom stereocenters. The molecule has 0 aliphatic carbocycles. The van der Waals surface area contributed by atoms with Gasteiger partial charge in [0.25, 0.3) is 0 Å². The predicted octanol–water partition coefficient (Wildman–Crippen LogP) is 2.64. The average Bonchev–Trinajstić information content (AvgIpc) is 2.56. The molecule has 2 heterocycles. The van der Waals surface area contributed by atoms with Crippen molar-refractivity contribution in [3.05, 3.63) is 55.0 Å². The molecule has 5 heteroatoms. The van der Waals surface area contributed by atoms with Crippen LogP contribution in [0.4, 0.5) is 5.82 Å². The first-order valence-electron chi connectivity index (χ1n) is 6.25. The fourth-order valence-electron chi connectivity index (χ4n) is 1.85. The minimum absolute atomic E-state index is 0.665. The van der Waals surface area contributed by atoms with Gasteiger partial charge in [0.2, 0.25) is 0 Å². The van der Waals surface area contributed by atoms with E-state index in [1.807, 2.05) is 43.4 Å². The molecular formula is C15H13N5. The zero-order valence-electron chi connectivity index (χ0n) is 11.0. The Bertz CT molecular complexity index is 640. The lowest BCUT2D eigenvalue weighted by atomic mass is 10.2. The summed E-state index contributed by atoms with van der Waals surface area (Å²) >= 11 is 0. The zero-order chi connectivity index (χ0) is 13.8. The van der Waals surface area contributed by atoms with Crippen LogP contribution in [0.1, 0.15) is 0 Å². The first-order chi connectivity index (χ1) is 9.86. The molecule has 98 valence electrons. The highest BCUT2D eigenvalue weighted by Gasteiger charge is 2.08.